The number of hydrogen-bond acceptors (Lipinski definition) is 3. The molecule has 100 valence electrons. The van der Waals surface area contributed by atoms with Crippen LogP contribution in [-0.2, 0) is 4.74 Å². The van der Waals surface area contributed by atoms with Gasteiger partial charge in [0.1, 0.15) is 5.75 Å². The first-order valence-corrected chi connectivity index (χ1v) is 6.43. The molecule has 0 amide bonds. The normalized spacial score (nSPS) is 10.7. The van der Waals surface area contributed by atoms with E-state index < -0.39 is 6.16 Å². The summed E-state index contributed by atoms with van der Waals surface area (Å²) in [6.07, 6.45) is -0.748. The Bertz CT molecular complexity index is 811. The number of rotatable bonds is 1. The van der Waals surface area contributed by atoms with Crippen LogP contribution in [0.3, 0.4) is 0 Å². The lowest BCUT2D eigenvalue weighted by Crippen LogP contribution is -2.08. The van der Waals surface area contributed by atoms with Crippen LogP contribution in [0.15, 0.2) is 48.5 Å². The highest BCUT2D eigenvalue weighted by atomic mass is 35.5. The highest BCUT2D eigenvalue weighted by Crippen LogP contribution is 2.36. The summed E-state index contributed by atoms with van der Waals surface area (Å²) in [5.74, 6) is 0.465. The lowest BCUT2D eigenvalue weighted by atomic mass is 10.0. The first-order chi connectivity index (χ1) is 9.69. The van der Waals surface area contributed by atoms with Crippen LogP contribution in [-0.4, -0.2) is 13.3 Å². The minimum Gasteiger partial charge on any atom is -0.437 e. The number of hydrogen-bond donors (Lipinski definition) is 0. The Hall–Kier alpha value is -2.26. The smallest absolute Gasteiger partial charge is 0.437 e. The lowest BCUT2D eigenvalue weighted by Gasteiger charge is -2.11. The van der Waals surface area contributed by atoms with Gasteiger partial charge in [0.05, 0.1) is 7.11 Å². The third kappa shape index (κ3) is 2.17. The molecule has 0 spiro atoms. The van der Waals surface area contributed by atoms with Crippen molar-refractivity contribution in [1.29, 1.82) is 0 Å². The Balaban J connectivity index is 2.38. The summed E-state index contributed by atoms with van der Waals surface area (Å²) >= 11 is 6.04. The molecular weight excluding hydrogens is 276 g/mol. The molecule has 3 aromatic rings. The van der Waals surface area contributed by atoms with Gasteiger partial charge >= 0.3 is 6.16 Å². The Morgan fingerprint density at radius 3 is 2.55 bits per heavy atom. The molecule has 0 heterocycles. The van der Waals surface area contributed by atoms with E-state index in [1.54, 1.807) is 12.1 Å². The number of carbonyl (C=O) groups is 1. The minimum atomic E-state index is -0.748. The average molecular weight is 287 g/mol. The molecule has 3 rings (SSSR count). The van der Waals surface area contributed by atoms with Gasteiger partial charge in [-0.25, -0.2) is 4.79 Å². The first-order valence-electron chi connectivity index (χ1n) is 6.06. The summed E-state index contributed by atoms with van der Waals surface area (Å²) in [5.41, 5.74) is 0. The fourth-order valence-corrected chi connectivity index (χ4v) is 2.40. The molecule has 0 aromatic heterocycles. The van der Waals surface area contributed by atoms with Crippen LogP contribution in [0.25, 0.3) is 21.5 Å². The van der Waals surface area contributed by atoms with Crippen molar-refractivity contribution in [1.82, 2.24) is 0 Å². The molecule has 20 heavy (non-hydrogen) atoms. The van der Waals surface area contributed by atoms with Gasteiger partial charge in [0.15, 0.2) is 0 Å². The van der Waals surface area contributed by atoms with E-state index in [1.165, 1.54) is 7.11 Å². The molecule has 4 heteroatoms. The zero-order chi connectivity index (χ0) is 14.1. The number of methoxy groups -OCH3 is 1. The fourth-order valence-electron chi connectivity index (χ4n) is 2.23. The van der Waals surface area contributed by atoms with Crippen molar-refractivity contribution in [2.75, 3.05) is 7.11 Å². The number of ether oxygens (including phenoxy) is 2. The molecule has 0 saturated heterocycles. The Morgan fingerprint density at radius 2 is 1.75 bits per heavy atom. The van der Waals surface area contributed by atoms with E-state index in [9.17, 15) is 4.79 Å². The van der Waals surface area contributed by atoms with Gasteiger partial charge in [0.25, 0.3) is 0 Å². The summed E-state index contributed by atoms with van der Waals surface area (Å²) in [6.45, 7) is 0. The van der Waals surface area contributed by atoms with E-state index in [-0.39, 0.29) is 0 Å². The van der Waals surface area contributed by atoms with Gasteiger partial charge in [-0.3, -0.25) is 0 Å². The zero-order valence-corrected chi connectivity index (χ0v) is 11.5. The van der Waals surface area contributed by atoms with E-state index in [0.717, 1.165) is 21.5 Å². The van der Waals surface area contributed by atoms with Crippen molar-refractivity contribution >= 4 is 39.3 Å². The van der Waals surface area contributed by atoms with Crippen LogP contribution >= 0.6 is 11.6 Å². The second-order valence-corrected chi connectivity index (χ2v) is 4.78. The van der Waals surface area contributed by atoms with Crippen molar-refractivity contribution in [3.63, 3.8) is 0 Å². The summed E-state index contributed by atoms with van der Waals surface area (Å²) in [5, 5.41) is 4.14. The van der Waals surface area contributed by atoms with E-state index in [2.05, 4.69) is 4.74 Å². The van der Waals surface area contributed by atoms with E-state index in [1.807, 2.05) is 36.4 Å². The van der Waals surface area contributed by atoms with Crippen molar-refractivity contribution in [3.05, 3.63) is 53.6 Å². The van der Waals surface area contributed by atoms with E-state index >= 15 is 0 Å². The number of benzene rings is 3. The lowest BCUT2D eigenvalue weighted by molar-refractivity contribution is 0.122. The molecular formula is C16H11ClO3. The molecule has 0 atom stereocenters. The quantitative estimate of drug-likeness (QED) is 0.366. The fraction of sp³-hybridized carbons (Fsp3) is 0.0625. The molecule has 0 saturated carbocycles. The van der Waals surface area contributed by atoms with Crippen LogP contribution in [0.2, 0.25) is 5.02 Å². The van der Waals surface area contributed by atoms with Gasteiger partial charge in [0, 0.05) is 15.8 Å². The largest absolute Gasteiger partial charge is 0.513 e. The van der Waals surface area contributed by atoms with Gasteiger partial charge < -0.3 is 9.47 Å². The maximum absolute atomic E-state index is 11.5. The van der Waals surface area contributed by atoms with Gasteiger partial charge in [-0.05, 0) is 29.0 Å². The summed E-state index contributed by atoms with van der Waals surface area (Å²) in [4.78, 5) is 11.5. The highest BCUT2D eigenvalue weighted by Gasteiger charge is 2.13. The van der Waals surface area contributed by atoms with E-state index in [4.69, 9.17) is 16.3 Å². The number of halogens is 1. The van der Waals surface area contributed by atoms with Crippen LogP contribution < -0.4 is 4.74 Å². The number of carbonyl (C=O) groups excluding carboxylic acids is 1. The molecule has 0 fully saturated rings. The molecule has 0 aliphatic rings. The first kappa shape index (κ1) is 12.8. The number of fused-ring (bicyclic) bond motifs is 2. The van der Waals surface area contributed by atoms with Crippen molar-refractivity contribution in [3.8, 4) is 5.75 Å². The minimum absolute atomic E-state index is 0.465. The third-order valence-electron chi connectivity index (χ3n) is 3.13. The van der Waals surface area contributed by atoms with Crippen molar-refractivity contribution in [2.24, 2.45) is 0 Å². The zero-order valence-electron chi connectivity index (χ0n) is 10.7. The summed E-state index contributed by atoms with van der Waals surface area (Å²) < 4.78 is 9.91. The highest BCUT2D eigenvalue weighted by molar-refractivity contribution is 6.31. The second kappa shape index (κ2) is 5.02. The molecule has 0 bridgehead atoms. The van der Waals surface area contributed by atoms with Gasteiger partial charge in [-0.15, -0.1) is 0 Å². The maximum Gasteiger partial charge on any atom is 0.513 e. The van der Waals surface area contributed by atoms with Crippen LogP contribution in [0, 0.1) is 0 Å². The van der Waals surface area contributed by atoms with Crippen LogP contribution in [0.4, 0.5) is 4.79 Å². The average Bonchev–Trinajstić information content (AvgIpc) is 2.47. The third-order valence-corrected chi connectivity index (χ3v) is 3.36. The molecule has 0 N–H and O–H groups in total. The van der Waals surface area contributed by atoms with E-state index in [0.29, 0.717) is 10.8 Å². The molecule has 3 nitrogen and oxygen atoms in total. The summed E-state index contributed by atoms with van der Waals surface area (Å²) in [7, 11) is 1.28. The SMILES string of the molecule is COC(=O)Oc1c2ccccc2cc2ccc(Cl)cc12. The molecule has 0 unspecified atom stereocenters. The van der Waals surface area contributed by atoms with Gasteiger partial charge in [0.2, 0.25) is 0 Å². The standard InChI is InChI=1S/C16H11ClO3/c1-19-16(18)20-15-13-5-3-2-4-10(13)8-11-6-7-12(17)9-14(11)15/h2-9H,1H3. The van der Waals surface area contributed by atoms with Crippen molar-refractivity contribution in [2.45, 2.75) is 0 Å². The summed E-state index contributed by atoms with van der Waals surface area (Å²) in [6, 6.07) is 15.2. The molecule has 0 aliphatic heterocycles. The van der Waals surface area contributed by atoms with Gasteiger partial charge in [-0.1, -0.05) is 41.9 Å². The Labute approximate surface area is 120 Å². The van der Waals surface area contributed by atoms with Crippen LogP contribution in [0.1, 0.15) is 0 Å². The molecule has 3 aromatic carbocycles. The predicted molar refractivity (Wildman–Crippen MR) is 79.5 cm³/mol. The second-order valence-electron chi connectivity index (χ2n) is 4.35. The topological polar surface area (TPSA) is 35.5 Å². The molecule has 0 radical (unpaired) electrons. The van der Waals surface area contributed by atoms with Crippen LogP contribution in [0.5, 0.6) is 5.75 Å². The Morgan fingerprint density at radius 1 is 1.00 bits per heavy atom. The monoisotopic (exact) mass is 286 g/mol. The maximum atomic E-state index is 11.5. The van der Waals surface area contributed by atoms with Gasteiger partial charge in [-0.2, -0.15) is 0 Å². The Kier molecular flexibility index (Phi) is 3.20. The van der Waals surface area contributed by atoms with Crippen molar-refractivity contribution < 1.29 is 14.3 Å². The molecule has 0 aliphatic carbocycles. The predicted octanol–water partition coefficient (Wildman–Crippen LogP) is 4.79.